The number of nitrogens with zero attached hydrogens (tertiary/aromatic N) is 2. The third-order valence-corrected chi connectivity index (χ3v) is 3.60. The van der Waals surface area contributed by atoms with Gasteiger partial charge in [0.2, 0.25) is 0 Å². The van der Waals surface area contributed by atoms with Gasteiger partial charge in [-0.25, -0.2) is 0 Å². The first-order valence-electron chi connectivity index (χ1n) is 6.79. The molecule has 2 rings (SSSR count). The molecule has 1 fully saturated rings. The number of nitrogens with one attached hydrogen (secondary N) is 1. The summed E-state index contributed by atoms with van der Waals surface area (Å²) >= 11 is 0. The van der Waals surface area contributed by atoms with Crippen LogP contribution in [0.25, 0.3) is 0 Å². The Hall–Kier alpha value is -1.03. The van der Waals surface area contributed by atoms with Crippen molar-refractivity contribution < 1.29 is 4.42 Å². The molecule has 0 amide bonds. The summed E-state index contributed by atoms with van der Waals surface area (Å²) in [6.07, 6.45) is 1.77. The van der Waals surface area contributed by atoms with Crippen molar-refractivity contribution in [3.05, 3.63) is 12.0 Å². The molecule has 0 saturated carbocycles. The summed E-state index contributed by atoms with van der Waals surface area (Å²) in [4.78, 5) is 6.81. The van der Waals surface area contributed by atoms with Crippen LogP contribution in [0.2, 0.25) is 0 Å². The molecule has 2 heterocycles. The van der Waals surface area contributed by atoms with Crippen molar-refractivity contribution in [2.24, 2.45) is 11.8 Å². The normalized spacial score (nSPS) is 24.8. The van der Waals surface area contributed by atoms with Gasteiger partial charge >= 0.3 is 0 Å². The van der Waals surface area contributed by atoms with Crippen LogP contribution in [-0.2, 0) is 6.54 Å². The second kappa shape index (κ2) is 4.92. The van der Waals surface area contributed by atoms with Crippen LogP contribution in [0.5, 0.6) is 0 Å². The van der Waals surface area contributed by atoms with E-state index in [0.29, 0.717) is 11.8 Å². The van der Waals surface area contributed by atoms with E-state index in [4.69, 9.17) is 4.42 Å². The van der Waals surface area contributed by atoms with Gasteiger partial charge in [-0.15, -0.1) is 0 Å². The molecule has 1 aliphatic heterocycles. The number of hydrogen-bond acceptors (Lipinski definition) is 4. The summed E-state index contributed by atoms with van der Waals surface area (Å²) in [5, 5.41) is 3.42. The molecule has 1 aliphatic rings. The predicted molar refractivity (Wildman–Crippen MR) is 73.6 cm³/mol. The standard InChI is InChI=1S/C14H25N3O/c1-10-7-17(8-11(10)2)13-16-12(9-18-13)6-15-14(3,4)5/h9-11,15H,6-8H2,1-5H3. The molecule has 0 bridgehead atoms. The van der Waals surface area contributed by atoms with Crippen LogP contribution in [-0.4, -0.2) is 23.6 Å². The lowest BCUT2D eigenvalue weighted by Crippen LogP contribution is -2.35. The SMILES string of the molecule is CC1CN(c2nc(CNC(C)(C)C)co2)CC1C. The van der Waals surface area contributed by atoms with Crippen LogP contribution in [0.3, 0.4) is 0 Å². The number of hydrogen-bond donors (Lipinski definition) is 1. The molecule has 0 spiro atoms. The molecule has 1 N–H and O–H groups in total. The topological polar surface area (TPSA) is 41.3 Å². The van der Waals surface area contributed by atoms with Gasteiger partial charge in [0.05, 0.1) is 5.69 Å². The first-order chi connectivity index (χ1) is 8.35. The van der Waals surface area contributed by atoms with Crippen molar-refractivity contribution in [3.8, 4) is 0 Å². The molecule has 1 aromatic heterocycles. The van der Waals surface area contributed by atoms with Crippen molar-refractivity contribution in [3.63, 3.8) is 0 Å². The van der Waals surface area contributed by atoms with Crippen LogP contribution in [0.15, 0.2) is 10.7 Å². The second-order valence-corrected chi connectivity index (χ2v) is 6.58. The van der Waals surface area contributed by atoms with E-state index in [-0.39, 0.29) is 5.54 Å². The highest BCUT2D eigenvalue weighted by Crippen LogP contribution is 2.27. The highest BCUT2D eigenvalue weighted by molar-refractivity contribution is 5.29. The molecule has 1 aromatic rings. The lowest BCUT2D eigenvalue weighted by atomic mass is 10.0. The predicted octanol–water partition coefficient (Wildman–Crippen LogP) is 2.65. The van der Waals surface area contributed by atoms with Gasteiger partial charge in [0.15, 0.2) is 0 Å². The minimum Gasteiger partial charge on any atom is -0.432 e. The van der Waals surface area contributed by atoms with E-state index in [1.807, 2.05) is 0 Å². The van der Waals surface area contributed by atoms with Gasteiger partial charge in [0, 0.05) is 25.2 Å². The first-order valence-corrected chi connectivity index (χ1v) is 6.79. The average molecular weight is 251 g/mol. The zero-order valence-electron chi connectivity index (χ0n) is 12.2. The first kappa shape index (κ1) is 13.4. The largest absolute Gasteiger partial charge is 0.432 e. The van der Waals surface area contributed by atoms with E-state index in [1.54, 1.807) is 6.26 Å². The summed E-state index contributed by atoms with van der Waals surface area (Å²) in [6.45, 7) is 13.9. The Bertz CT molecular complexity index is 384. The summed E-state index contributed by atoms with van der Waals surface area (Å²) in [5.74, 6) is 1.43. The average Bonchev–Trinajstić information content (AvgIpc) is 2.83. The summed E-state index contributed by atoms with van der Waals surface area (Å²) in [7, 11) is 0. The van der Waals surface area contributed by atoms with Crippen molar-refractivity contribution in [2.45, 2.75) is 46.7 Å². The van der Waals surface area contributed by atoms with Gasteiger partial charge in [-0.1, -0.05) is 13.8 Å². The molecule has 2 unspecified atom stereocenters. The summed E-state index contributed by atoms with van der Waals surface area (Å²) in [5.41, 5.74) is 1.09. The fourth-order valence-corrected chi connectivity index (χ4v) is 2.16. The molecule has 0 aliphatic carbocycles. The third kappa shape index (κ3) is 3.25. The van der Waals surface area contributed by atoms with E-state index < -0.39 is 0 Å². The van der Waals surface area contributed by atoms with E-state index in [9.17, 15) is 0 Å². The molecule has 1 saturated heterocycles. The van der Waals surface area contributed by atoms with Crippen LogP contribution in [0, 0.1) is 11.8 Å². The van der Waals surface area contributed by atoms with E-state index >= 15 is 0 Å². The van der Waals surface area contributed by atoms with E-state index in [2.05, 4.69) is 49.8 Å². The number of anilines is 1. The third-order valence-electron chi connectivity index (χ3n) is 3.60. The van der Waals surface area contributed by atoms with Gasteiger partial charge in [0.25, 0.3) is 6.01 Å². The van der Waals surface area contributed by atoms with Crippen molar-refractivity contribution >= 4 is 6.01 Å². The van der Waals surface area contributed by atoms with Crippen LogP contribution < -0.4 is 10.2 Å². The minimum atomic E-state index is 0.107. The van der Waals surface area contributed by atoms with E-state index in [1.165, 1.54) is 0 Å². The van der Waals surface area contributed by atoms with E-state index in [0.717, 1.165) is 31.3 Å². The minimum absolute atomic E-state index is 0.107. The van der Waals surface area contributed by atoms with Gasteiger partial charge < -0.3 is 14.6 Å². The van der Waals surface area contributed by atoms with Crippen LogP contribution in [0.1, 0.15) is 40.3 Å². The molecular formula is C14H25N3O. The molecule has 4 heteroatoms. The Labute approximate surface area is 110 Å². The fraction of sp³-hybridized carbons (Fsp3) is 0.786. The smallest absolute Gasteiger partial charge is 0.297 e. The quantitative estimate of drug-likeness (QED) is 0.896. The van der Waals surface area contributed by atoms with Crippen molar-refractivity contribution in [1.82, 2.24) is 10.3 Å². The maximum Gasteiger partial charge on any atom is 0.297 e. The van der Waals surface area contributed by atoms with Gasteiger partial charge in [-0.2, -0.15) is 4.98 Å². The molecule has 102 valence electrons. The van der Waals surface area contributed by atoms with Crippen LogP contribution >= 0.6 is 0 Å². The van der Waals surface area contributed by atoms with Gasteiger partial charge in [-0.05, 0) is 32.6 Å². The number of aromatic nitrogens is 1. The number of rotatable bonds is 3. The van der Waals surface area contributed by atoms with Crippen LogP contribution in [0.4, 0.5) is 6.01 Å². The highest BCUT2D eigenvalue weighted by Gasteiger charge is 2.28. The Morgan fingerprint density at radius 2 is 1.94 bits per heavy atom. The van der Waals surface area contributed by atoms with Crippen molar-refractivity contribution in [2.75, 3.05) is 18.0 Å². The molecule has 0 radical (unpaired) electrons. The Kier molecular flexibility index (Phi) is 3.66. The molecule has 0 aromatic carbocycles. The maximum atomic E-state index is 5.59. The number of oxazole rings is 1. The fourth-order valence-electron chi connectivity index (χ4n) is 2.16. The monoisotopic (exact) mass is 251 g/mol. The zero-order valence-corrected chi connectivity index (χ0v) is 12.2. The van der Waals surface area contributed by atoms with Gasteiger partial charge in [-0.3, -0.25) is 0 Å². The zero-order chi connectivity index (χ0) is 13.3. The summed E-state index contributed by atoms with van der Waals surface area (Å²) < 4.78 is 5.59. The molecule has 2 atom stereocenters. The van der Waals surface area contributed by atoms with Crippen molar-refractivity contribution in [1.29, 1.82) is 0 Å². The molecule has 4 nitrogen and oxygen atoms in total. The molecular weight excluding hydrogens is 226 g/mol. The molecule has 18 heavy (non-hydrogen) atoms. The maximum absolute atomic E-state index is 5.59. The highest BCUT2D eigenvalue weighted by atomic mass is 16.4. The Morgan fingerprint density at radius 1 is 1.33 bits per heavy atom. The lowest BCUT2D eigenvalue weighted by molar-refractivity contribution is 0.421. The lowest BCUT2D eigenvalue weighted by Gasteiger charge is -2.19. The second-order valence-electron chi connectivity index (χ2n) is 6.58. The Morgan fingerprint density at radius 3 is 2.50 bits per heavy atom. The van der Waals surface area contributed by atoms with Gasteiger partial charge in [0.1, 0.15) is 6.26 Å². The summed E-state index contributed by atoms with van der Waals surface area (Å²) in [6, 6.07) is 0.775. The Balaban J connectivity index is 1.94.